The Morgan fingerprint density at radius 1 is 0.935 bits per heavy atom. The first kappa shape index (κ1) is 19.2. The van der Waals surface area contributed by atoms with Gasteiger partial charge >= 0.3 is 0 Å². The van der Waals surface area contributed by atoms with Crippen LogP contribution in [-0.2, 0) is 0 Å². The van der Waals surface area contributed by atoms with Crippen LogP contribution >= 0.6 is 0 Å². The topological polar surface area (TPSA) is 104 Å². The quantitative estimate of drug-likeness (QED) is 0.474. The van der Waals surface area contributed by atoms with Gasteiger partial charge in [-0.2, -0.15) is 10.2 Å². The van der Waals surface area contributed by atoms with Gasteiger partial charge in [-0.1, -0.05) is 30.3 Å². The Balaban J connectivity index is 1.26. The Morgan fingerprint density at radius 3 is 2.52 bits per heavy atom. The van der Waals surface area contributed by atoms with Gasteiger partial charge in [-0.25, -0.2) is 5.10 Å². The van der Waals surface area contributed by atoms with Crippen LogP contribution in [0.15, 0.2) is 65.6 Å². The highest BCUT2D eigenvalue weighted by Crippen LogP contribution is 2.34. The average Bonchev–Trinajstić information content (AvgIpc) is 3.36. The Hall–Kier alpha value is -3.74. The van der Waals surface area contributed by atoms with Crippen molar-refractivity contribution in [1.29, 1.82) is 0 Å². The first-order chi connectivity index (χ1) is 15.2. The number of H-pyrrole nitrogens is 2. The predicted octanol–water partition coefficient (Wildman–Crippen LogP) is 3.77. The molecule has 31 heavy (non-hydrogen) atoms. The molecule has 3 N–H and O–H groups in total. The van der Waals surface area contributed by atoms with Gasteiger partial charge < -0.3 is 5.32 Å². The second-order valence-electron chi connectivity index (χ2n) is 8.05. The number of benzene rings is 2. The van der Waals surface area contributed by atoms with E-state index >= 15 is 0 Å². The normalized spacial score (nSPS) is 18.7. The number of aromatic amines is 2. The molecule has 156 valence electrons. The number of hydrogen-bond donors (Lipinski definition) is 3. The van der Waals surface area contributed by atoms with Gasteiger partial charge in [0.2, 0.25) is 0 Å². The molecule has 0 saturated heterocycles. The molecule has 0 spiro atoms. The van der Waals surface area contributed by atoms with Crippen LogP contribution in [-0.4, -0.2) is 32.3 Å². The third-order valence-corrected chi connectivity index (χ3v) is 6.10. The lowest BCUT2D eigenvalue weighted by atomic mass is 9.82. The molecule has 0 aliphatic heterocycles. The molecule has 4 aromatic rings. The minimum atomic E-state index is -0.155. The number of nitrogens with zero attached hydrogens (tertiary/aromatic N) is 2. The van der Waals surface area contributed by atoms with E-state index in [9.17, 15) is 9.59 Å². The monoisotopic (exact) mass is 413 g/mol. The first-order valence-electron chi connectivity index (χ1n) is 10.6. The van der Waals surface area contributed by atoms with Crippen LogP contribution in [0, 0.1) is 0 Å². The van der Waals surface area contributed by atoms with Crippen molar-refractivity contribution in [1.82, 2.24) is 25.7 Å². The first-order valence-corrected chi connectivity index (χ1v) is 10.6. The van der Waals surface area contributed by atoms with Crippen LogP contribution in [0.4, 0.5) is 0 Å². The molecular formula is C24H23N5O2. The van der Waals surface area contributed by atoms with Gasteiger partial charge in [0, 0.05) is 34.7 Å². The molecule has 0 atom stereocenters. The summed E-state index contributed by atoms with van der Waals surface area (Å²) in [4.78, 5) is 24.9. The van der Waals surface area contributed by atoms with Crippen LogP contribution in [0.25, 0.3) is 22.0 Å². The van der Waals surface area contributed by atoms with E-state index in [0.29, 0.717) is 10.9 Å². The van der Waals surface area contributed by atoms with Gasteiger partial charge in [-0.05, 0) is 49.9 Å². The van der Waals surface area contributed by atoms with Crippen molar-refractivity contribution in [2.45, 2.75) is 37.6 Å². The second kappa shape index (κ2) is 8.18. The Bertz CT molecular complexity index is 1270. The molecule has 7 nitrogen and oxygen atoms in total. The molecule has 0 radical (unpaired) electrons. The van der Waals surface area contributed by atoms with E-state index in [1.165, 1.54) is 0 Å². The lowest BCUT2D eigenvalue weighted by Crippen LogP contribution is -2.37. The summed E-state index contributed by atoms with van der Waals surface area (Å²) in [5.74, 6) is 0.214. The van der Waals surface area contributed by atoms with E-state index in [-0.39, 0.29) is 23.4 Å². The van der Waals surface area contributed by atoms with Crippen molar-refractivity contribution in [3.8, 4) is 11.3 Å². The van der Waals surface area contributed by atoms with Crippen molar-refractivity contribution in [3.05, 3.63) is 82.4 Å². The molecule has 0 bridgehead atoms. The number of aromatic nitrogens is 4. The number of hydrogen-bond acceptors (Lipinski definition) is 4. The van der Waals surface area contributed by atoms with Crippen molar-refractivity contribution >= 4 is 16.7 Å². The van der Waals surface area contributed by atoms with E-state index in [1.54, 1.807) is 6.20 Å². The second-order valence-corrected chi connectivity index (χ2v) is 8.05. The van der Waals surface area contributed by atoms with Crippen molar-refractivity contribution in [2.75, 3.05) is 0 Å². The van der Waals surface area contributed by atoms with Gasteiger partial charge in [-0.15, -0.1) is 0 Å². The van der Waals surface area contributed by atoms with Crippen LogP contribution < -0.4 is 10.9 Å². The summed E-state index contributed by atoms with van der Waals surface area (Å²) in [6.45, 7) is 0. The van der Waals surface area contributed by atoms with Gasteiger partial charge in [0.1, 0.15) is 0 Å². The molecule has 2 aromatic carbocycles. The summed E-state index contributed by atoms with van der Waals surface area (Å²) >= 11 is 0. The van der Waals surface area contributed by atoms with E-state index < -0.39 is 0 Å². The molecule has 1 amide bonds. The lowest BCUT2D eigenvalue weighted by molar-refractivity contribution is 0.0925. The summed E-state index contributed by atoms with van der Waals surface area (Å²) in [7, 11) is 0. The number of carbonyl (C=O) groups is 1. The van der Waals surface area contributed by atoms with Gasteiger partial charge in [-0.3, -0.25) is 14.7 Å². The molecule has 2 heterocycles. The smallest absolute Gasteiger partial charge is 0.272 e. The summed E-state index contributed by atoms with van der Waals surface area (Å²) < 4.78 is 0. The van der Waals surface area contributed by atoms with E-state index in [0.717, 1.165) is 48.0 Å². The van der Waals surface area contributed by atoms with E-state index in [4.69, 9.17) is 0 Å². The molecule has 2 aromatic heterocycles. The van der Waals surface area contributed by atoms with E-state index in [1.807, 2.05) is 54.6 Å². The molecule has 1 aliphatic carbocycles. The van der Waals surface area contributed by atoms with Crippen molar-refractivity contribution < 1.29 is 4.79 Å². The van der Waals surface area contributed by atoms with Crippen LogP contribution in [0.2, 0.25) is 0 Å². The maximum Gasteiger partial charge on any atom is 0.272 e. The predicted molar refractivity (Wildman–Crippen MR) is 119 cm³/mol. The zero-order chi connectivity index (χ0) is 21.2. The van der Waals surface area contributed by atoms with Crippen molar-refractivity contribution in [2.24, 2.45) is 0 Å². The third kappa shape index (κ3) is 3.86. The molecule has 5 rings (SSSR count). The highest BCUT2D eigenvalue weighted by molar-refractivity contribution is 5.95. The summed E-state index contributed by atoms with van der Waals surface area (Å²) in [6, 6.07) is 17.1. The molecule has 1 saturated carbocycles. The fourth-order valence-electron chi connectivity index (χ4n) is 4.47. The lowest BCUT2D eigenvalue weighted by Gasteiger charge is -2.29. The highest BCUT2D eigenvalue weighted by atomic mass is 16.1. The summed E-state index contributed by atoms with van der Waals surface area (Å²) in [5.41, 5.74) is 3.16. The Labute approximate surface area is 178 Å². The maximum atomic E-state index is 12.8. The highest BCUT2D eigenvalue weighted by Gasteiger charge is 2.26. The van der Waals surface area contributed by atoms with Gasteiger partial charge in [0.15, 0.2) is 0 Å². The number of amides is 1. The van der Waals surface area contributed by atoms with E-state index in [2.05, 4.69) is 25.7 Å². The zero-order valence-electron chi connectivity index (χ0n) is 17.0. The van der Waals surface area contributed by atoms with Crippen molar-refractivity contribution in [3.63, 3.8) is 0 Å². The van der Waals surface area contributed by atoms with Crippen LogP contribution in [0.1, 0.15) is 47.7 Å². The number of carbonyl (C=O) groups excluding carboxylic acids is 1. The van der Waals surface area contributed by atoms with Crippen LogP contribution in [0.3, 0.4) is 0 Å². The average molecular weight is 413 g/mol. The number of fused-ring (bicyclic) bond motifs is 1. The minimum Gasteiger partial charge on any atom is -0.349 e. The molecule has 1 fully saturated rings. The summed E-state index contributed by atoms with van der Waals surface area (Å²) in [5, 5.41) is 18.8. The number of nitrogens with one attached hydrogen (secondary N) is 3. The molecule has 1 aliphatic rings. The van der Waals surface area contributed by atoms with Gasteiger partial charge in [0.25, 0.3) is 11.5 Å². The minimum absolute atomic E-state index is 0.0616. The SMILES string of the molecule is O=C(N[C@H]1CC[C@H](c2n[nH]c(=O)c3ccccc32)CC1)c1cccc(-c2cc[nH]n2)c1. The summed E-state index contributed by atoms with van der Waals surface area (Å²) in [6.07, 6.45) is 5.36. The zero-order valence-corrected chi connectivity index (χ0v) is 17.0. The third-order valence-electron chi connectivity index (χ3n) is 6.10. The number of rotatable bonds is 4. The Kier molecular flexibility index (Phi) is 5.08. The maximum absolute atomic E-state index is 12.8. The fourth-order valence-corrected chi connectivity index (χ4v) is 4.47. The molecule has 7 heteroatoms. The molecular weight excluding hydrogens is 390 g/mol. The van der Waals surface area contributed by atoms with Crippen LogP contribution in [0.5, 0.6) is 0 Å². The largest absolute Gasteiger partial charge is 0.349 e. The Morgan fingerprint density at radius 2 is 1.74 bits per heavy atom. The van der Waals surface area contributed by atoms with Gasteiger partial charge in [0.05, 0.1) is 16.8 Å². The standard InChI is InChI=1S/C24H23N5O2/c30-23(17-5-3-4-16(14-17)21-12-13-25-27-21)26-18-10-8-15(9-11-18)22-19-6-1-2-7-20(19)24(31)29-28-22/h1-7,12-15,18H,8-11H2,(H,25,27)(H,26,30)(H,29,31)/t15-,18-. The molecule has 0 unspecified atom stereocenters. The fraction of sp³-hybridized carbons (Fsp3) is 0.250.